The Labute approximate surface area is 183 Å². The summed E-state index contributed by atoms with van der Waals surface area (Å²) >= 11 is 6.27. The van der Waals surface area contributed by atoms with E-state index in [4.69, 9.17) is 17.3 Å². The molecule has 3 aliphatic rings. The summed E-state index contributed by atoms with van der Waals surface area (Å²) in [5, 5.41) is 3.48. The molecule has 3 fully saturated rings. The summed E-state index contributed by atoms with van der Waals surface area (Å²) in [4.78, 5) is 24.7. The van der Waals surface area contributed by atoms with Gasteiger partial charge in [0.15, 0.2) is 0 Å². The van der Waals surface area contributed by atoms with E-state index >= 15 is 0 Å². The summed E-state index contributed by atoms with van der Waals surface area (Å²) in [6.45, 7) is 4.70. The third kappa shape index (κ3) is 4.03. The van der Waals surface area contributed by atoms with Gasteiger partial charge in [0, 0.05) is 22.4 Å². The highest BCUT2D eigenvalue weighted by Crippen LogP contribution is 2.53. The standard InChI is InChI=1S/C24H32ClFN2O2/c1-14-7-15-8-16(11-23(2,10-15)13-29)20(14)21(27)22(30)28-12-24(5-6-24)18-4-3-17(26)9-19(18)25/h3-4,9,13-16,20-21H,5-8,10-12,27H2,1-2H3,(H,28,30). The molecule has 3 aliphatic carbocycles. The first-order chi connectivity index (χ1) is 14.2. The Morgan fingerprint density at radius 2 is 2.10 bits per heavy atom. The summed E-state index contributed by atoms with van der Waals surface area (Å²) < 4.78 is 13.4. The lowest BCUT2D eigenvalue weighted by Crippen LogP contribution is -2.55. The quantitative estimate of drug-likeness (QED) is 0.658. The Morgan fingerprint density at radius 1 is 1.37 bits per heavy atom. The van der Waals surface area contributed by atoms with Crippen LogP contribution >= 0.6 is 11.6 Å². The predicted octanol–water partition coefficient (Wildman–Crippen LogP) is 4.23. The molecule has 0 spiro atoms. The number of fused-ring (bicyclic) bond motifs is 2. The van der Waals surface area contributed by atoms with Gasteiger partial charge in [-0.3, -0.25) is 4.79 Å². The molecule has 30 heavy (non-hydrogen) atoms. The molecule has 1 aromatic carbocycles. The van der Waals surface area contributed by atoms with E-state index in [1.165, 1.54) is 12.1 Å². The Morgan fingerprint density at radius 3 is 2.73 bits per heavy atom. The van der Waals surface area contributed by atoms with Crippen LogP contribution in [0, 0.1) is 34.9 Å². The van der Waals surface area contributed by atoms with Gasteiger partial charge >= 0.3 is 0 Å². The van der Waals surface area contributed by atoms with E-state index < -0.39 is 6.04 Å². The van der Waals surface area contributed by atoms with Crippen LogP contribution in [0.25, 0.3) is 0 Å². The van der Waals surface area contributed by atoms with Crippen molar-refractivity contribution in [1.29, 1.82) is 0 Å². The number of carbonyl (C=O) groups is 2. The lowest BCUT2D eigenvalue weighted by atomic mass is 9.55. The van der Waals surface area contributed by atoms with Crippen LogP contribution in [-0.4, -0.2) is 24.8 Å². The molecular weight excluding hydrogens is 403 g/mol. The van der Waals surface area contributed by atoms with Crippen molar-refractivity contribution in [3.8, 4) is 0 Å². The van der Waals surface area contributed by atoms with Crippen molar-refractivity contribution >= 4 is 23.8 Å². The molecule has 164 valence electrons. The molecule has 3 N–H and O–H groups in total. The van der Waals surface area contributed by atoms with Crippen LogP contribution in [0.5, 0.6) is 0 Å². The normalized spacial score (nSPS) is 35.4. The molecule has 6 heteroatoms. The highest BCUT2D eigenvalue weighted by molar-refractivity contribution is 6.31. The first kappa shape index (κ1) is 21.8. The number of benzene rings is 1. The lowest BCUT2D eigenvalue weighted by molar-refractivity contribution is -0.128. The van der Waals surface area contributed by atoms with Crippen LogP contribution < -0.4 is 11.1 Å². The number of nitrogens with two attached hydrogens (primary N) is 1. The monoisotopic (exact) mass is 434 g/mol. The molecule has 2 bridgehead atoms. The third-order valence-corrected chi connectivity index (χ3v) is 8.30. The number of aldehydes is 1. The number of rotatable bonds is 6. The van der Waals surface area contributed by atoms with E-state index in [-0.39, 0.29) is 28.5 Å². The molecular formula is C24H32ClFN2O2. The SMILES string of the molecule is CC1CC2CC(CC(C)(C=O)C2)C1C(N)C(=O)NCC1(c2ccc(F)cc2Cl)CC1. The second-order valence-electron chi connectivity index (χ2n) is 10.5. The number of carbonyl (C=O) groups excluding carboxylic acids is 2. The van der Waals surface area contributed by atoms with Crippen LogP contribution in [0.1, 0.15) is 57.9 Å². The summed E-state index contributed by atoms with van der Waals surface area (Å²) in [7, 11) is 0. The molecule has 0 saturated heterocycles. The summed E-state index contributed by atoms with van der Waals surface area (Å²) in [6.07, 6.45) is 6.79. The Balaban J connectivity index is 1.43. The van der Waals surface area contributed by atoms with E-state index in [1.54, 1.807) is 6.07 Å². The number of amides is 1. The van der Waals surface area contributed by atoms with Crippen molar-refractivity contribution in [3.63, 3.8) is 0 Å². The van der Waals surface area contributed by atoms with Crippen molar-refractivity contribution in [2.24, 2.45) is 34.8 Å². The van der Waals surface area contributed by atoms with Crippen molar-refractivity contribution < 1.29 is 14.0 Å². The van der Waals surface area contributed by atoms with Gasteiger partial charge in [-0.15, -0.1) is 0 Å². The molecule has 1 amide bonds. The van der Waals surface area contributed by atoms with E-state index in [9.17, 15) is 14.0 Å². The fourth-order valence-electron chi connectivity index (χ4n) is 6.46. The minimum atomic E-state index is -0.584. The summed E-state index contributed by atoms with van der Waals surface area (Å²) in [5.41, 5.74) is 6.89. The first-order valence-corrected chi connectivity index (χ1v) is 11.5. The number of hydrogen-bond donors (Lipinski definition) is 2. The highest BCUT2D eigenvalue weighted by Gasteiger charge is 2.49. The molecule has 0 aliphatic heterocycles. The summed E-state index contributed by atoms with van der Waals surface area (Å²) in [5.74, 6) is 0.830. The fourth-order valence-corrected chi connectivity index (χ4v) is 6.83. The molecule has 4 rings (SSSR count). The van der Waals surface area contributed by atoms with Crippen LogP contribution in [0.4, 0.5) is 4.39 Å². The van der Waals surface area contributed by atoms with Gasteiger partial charge in [-0.1, -0.05) is 31.5 Å². The zero-order valence-electron chi connectivity index (χ0n) is 17.8. The number of nitrogens with one attached hydrogen (secondary N) is 1. The average molecular weight is 435 g/mol. The molecule has 0 radical (unpaired) electrons. The topological polar surface area (TPSA) is 72.2 Å². The van der Waals surface area contributed by atoms with Crippen molar-refractivity contribution in [3.05, 3.63) is 34.6 Å². The number of hydrogen-bond acceptors (Lipinski definition) is 3. The smallest absolute Gasteiger partial charge is 0.237 e. The van der Waals surface area contributed by atoms with Crippen LogP contribution in [0.15, 0.2) is 18.2 Å². The maximum absolute atomic E-state index is 13.4. The zero-order chi connectivity index (χ0) is 21.7. The minimum absolute atomic E-state index is 0.0883. The predicted molar refractivity (Wildman–Crippen MR) is 116 cm³/mol. The molecule has 0 aromatic heterocycles. The molecule has 6 unspecified atom stereocenters. The molecule has 4 nitrogen and oxygen atoms in total. The van der Waals surface area contributed by atoms with E-state index in [2.05, 4.69) is 12.2 Å². The van der Waals surface area contributed by atoms with Gasteiger partial charge in [0.05, 0.1) is 6.04 Å². The van der Waals surface area contributed by atoms with Crippen molar-refractivity contribution in [2.45, 2.75) is 63.8 Å². The van der Waals surface area contributed by atoms with Gasteiger partial charge in [-0.05, 0) is 79.9 Å². The second kappa shape index (κ2) is 7.90. The number of halogens is 2. The molecule has 6 atom stereocenters. The van der Waals surface area contributed by atoms with Gasteiger partial charge in [0.1, 0.15) is 12.1 Å². The molecule has 3 saturated carbocycles. The first-order valence-electron chi connectivity index (χ1n) is 11.1. The summed E-state index contributed by atoms with van der Waals surface area (Å²) in [6, 6.07) is 3.89. The maximum atomic E-state index is 13.4. The lowest BCUT2D eigenvalue weighted by Gasteiger charge is -2.50. The minimum Gasteiger partial charge on any atom is -0.354 e. The van der Waals surface area contributed by atoms with E-state index in [0.717, 1.165) is 50.4 Å². The van der Waals surface area contributed by atoms with E-state index in [1.807, 2.05) is 6.92 Å². The average Bonchev–Trinajstić information content (AvgIpc) is 3.46. The largest absolute Gasteiger partial charge is 0.354 e. The molecule has 1 aromatic rings. The molecule has 0 heterocycles. The van der Waals surface area contributed by atoms with Crippen molar-refractivity contribution in [1.82, 2.24) is 5.32 Å². The maximum Gasteiger partial charge on any atom is 0.237 e. The van der Waals surface area contributed by atoms with Gasteiger partial charge < -0.3 is 15.8 Å². The Hall–Kier alpha value is -1.46. The highest BCUT2D eigenvalue weighted by atomic mass is 35.5. The van der Waals surface area contributed by atoms with Gasteiger partial charge in [-0.2, -0.15) is 0 Å². The van der Waals surface area contributed by atoms with Crippen LogP contribution in [0.3, 0.4) is 0 Å². The van der Waals surface area contributed by atoms with Crippen LogP contribution in [-0.2, 0) is 15.0 Å². The van der Waals surface area contributed by atoms with E-state index in [0.29, 0.717) is 29.3 Å². The Kier molecular flexibility index (Phi) is 5.73. The fraction of sp³-hybridized carbons (Fsp3) is 0.667. The van der Waals surface area contributed by atoms with Gasteiger partial charge in [0.25, 0.3) is 0 Å². The van der Waals surface area contributed by atoms with Crippen LogP contribution in [0.2, 0.25) is 5.02 Å². The second-order valence-corrected chi connectivity index (χ2v) is 10.9. The van der Waals surface area contributed by atoms with Crippen molar-refractivity contribution in [2.75, 3.05) is 6.54 Å². The third-order valence-electron chi connectivity index (χ3n) is 7.99. The van der Waals surface area contributed by atoms with Gasteiger partial charge in [-0.25, -0.2) is 4.39 Å². The van der Waals surface area contributed by atoms with Gasteiger partial charge in [0.2, 0.25) is 5.91 Å². The zero-order valence-corrected chi connectivity index (χ0v) is 18.6. The Bertz CT molecular complexity index is 840.